The van der Waals surface area contributed by atoms with Gasteiger partial charge in [0.25, 0.3) is 5.91 Å². The fourth-order valence-corrected chi connectivity index (χ4v) is 2.76. The maximum Gasteiger partial charge on any atom is 0.272 e. The molecule has 0 aliphatic carbocycles. The highest BCUT2D eigenvalue weighted by molar-refractivity contribution is 9.10. The second kappa shape index (κ2) is 9.25. The molecule has 0 radical (unpaired) electrons. The molecule has 0 fully saturated rings. The molecule has 0 saturated carbocycles. The van der Waals surface area contributed by atoms with Gasteiger partial charge in [-0.25, -0.2) is 5.43 Å². The van der Waals surface area contributed by atoms with Crippen LogP contribution in [0.2, 0.25) is 5.02 Å². The Labute approximate surface area is 159 Å². The van der Waals surface area contributed by atoms with E-state index in [2.05, 4.69) is 33.0 Å². The summed E-state index contributed by atoms with van der Waals surface area (Å²) in [4.78, 5) is 12.0. The second-order valence-electron chi connectivity index (χ2n) is 4.81. The first-order valence-corrected chi connectivity index (χ1v) is 8.43. The van der Waals surface area contributed by atoms with E-state index in [4.69, 9.17) is 21.1 Å². The SMILES string of the molecule is C=CCOc1c(Br)cc(/C=N\NC(=O)c2ccccc2Cl)cc1OC. The first kappa shape index (κ1) is 19.0. The number of rotatable bonds is 7. The molecule has 7 heteroatoms. The van der Waals surface area contributed by atoms with Crippen LogP contribution in [0.5, 0.6) is 11.5 Å². The van der Waals surface area contributed by atoms with Crippen molar-refractivity contribution in [2.45, 2.75) is 0 Å². The summed E-state index contributed by atoms with van der Waals surface area (Å²) >= 11 is 9.41. The molecule has 0 bridgehead atoms. The molecule has 1 N–H and O–H groups in total. The van der Waals surface area contributed by atoms with Crippen LogP contribution in [0.25, 0.3) is 0 Å². The van der Waals surface area contributed by atoms with Gasteiger partial charge in [0.2, 0.25) is 0 Å². The number of ether oxygens (including phenoxy) is 2. The third-order valence-corrected chi connectivity index (χ3v) is 4.01. The average Bonchev–Trinajstić information content (AvgIpc) is 2.60. The zero-order valence-electron chi connectivity index (χ0n) is 13.5. The maximum absolute atomic E-state index is 12.0. The van der Waals surface area contributed by atoms with Crippen molar-refractivity contribution < 1.29 is 14.3 Å². The van der Waals surface area contributed by atoms with Crippen molar-refractivity contribution in [3.63, 3.8) is 0 Å². The Kier molecular flexibility index (Phi) is 7.03. The maximum atomic E-state index is 12.0. The number of hydrogen-bond donors (Lipinski definition) is 1. The van der Waals surface area contributed by atoms with E-state index in [0.717, 1.165) is 0 Å². The highest BCUT2D eigenvalue weighted by Gasteiger charge is 2.11. The van der Waals surface area contributed by atoms with Crippen molar-refractivity contribution in [3.8, 4) is 11.5 Å². The number of amides is 1. The molecule has 0 unspecified atom stereocenters. The van der Waals surface area contributed by atoms with Gasteiger partial charge in [-0.2, -0.15) is 5.10 Å². The number of hydrogen-bond acceptors (Lipinski definition) is 4. The summed E-state index contributed by atoms with van der Waals surface area (Å²) in [5, 5.41) is 4.32. The van der Waals surface area contributed by atoms with Crippen LogP contribution in [0.4, 0.5) is 0 Å². The highest BCUT2D eigenvalue weighted by atomic mass is 79.9. The first-order chi connectivity index (χ1) is 12.1. The van der Waals surface area contributed by atoms with Crippen LogP contribution in [0.3, 0.4) is 0 Å². The van der Waals surface area contributed by atoms with E-state index in [1.807, 2.05) is 0 Å². The lowest BCUT2D eigenvalue weighted by molar-refractivity contribution is 0.0955. The van der Waals surface area contributed by atoms with Gasteiger partial charge in [-0.3, -0.25) is 4.79 Å². The molecule has 0 aliphatic heterocycles. The number of hydrazone groups is 1. The molecule has 25 heavy (non-hydrogen) atoms. The van der Waals surface area contributed by atoms with E-state index in [9.17, 15) is 4.79 Å². The van der Waals surface area contributed by atoms with E-state index in [1.54, 1.807) is 49.6 Å². The van der Waals surface area contributed by atoms with Gasteiger partial charge < -0.3 is 9.47 Å². The summed E-state index contributed by atoms with van der Waals surface area (Å²) < 4.78 is 11.6. The molecule has 0 aliphatic rings. The number of methoxy groups -OCH3 is 1. The largest absolute Gasteiger partial charge is 0.493 e. The van der Waals surface area contributed by atoms with Crippen LogP contribution >= 0.6 is 27.5 Å². The number of carbonyl (C=O) groups excluding carboxylic acids is 1. The molecule has 2 rings (SSSR count). The number of nitrogens with zero attached hydrogens (tertiary/aromatic N) is 1. The molecule has 1 amide bonds. The monoisotopic (exact) mass is 422 g/mol. The summed E-state index contributed by atoms with van der Waals surface area (Å²) in [5.74, 6) is 0.716. The minimum Gasteiger partial charge on any atom is -0.493 e. The van der Waals surface area contributed by atoms with Gasteiger partial charge in [0.1, 0.15) is 6.61 Å². The Balaban J connectivity index is 2.13. The zero-order valence-corrected chi connectivity index (χ0v) is 15.8. The van der Waals surface area contributed by atoms with Gasteiger partial charge in [0.05, 0.1) is 28.4 Å². The van der Waals surface area contributed by atoms with Gasteiger partial charge in [-0.15, -0.1) is 0 Å². The van der Waals surface area contributed by atoms with Crippen molar-refractivity contribution >= 4 is 39.7 Å². The zero-order chi connectivity index (χ0) is 18.2. The smallest absolute Gasteiger partial charge is 0.272 e. The summed E-state index contributed by atoms with van der Waals surface area (Å²) in [7, 11) is 1.54. The standard InChI is InChI=1S/C18H16BrClN2O3/c1-3-8-25-17-14(19)9-12(10-16(17)24-2)11-21-22-18(23)13-6-4-5-7-15(13)20/h3-7,9-11H,1,8H2,2H3,(H,22,23)/b21-11-. The summed E-state index contributed by atoms with van der Waals surface area (Å²) in [5.41, 5.74) is 3.51. The van der Waals surface area contributed by atoms with Crippen molar-refractivity contribution in [2.75, 3.05) is 13.7 Å². The third-order valence-electron chi connectivity index (χ3n) is 3.10. The van der Waals surface area contributed by atoms with Crippen molar-refractivity contribution in [2.24, 2.45) is 5.10 Å². The van der Waals surface area contributed by atoms with E-state index in [-0.39, 0.29) is 5.91 Å². The van der Waals surface area contributed by atoms with E-state index >= 15 is 0 Å². The quantitative estimate of drug-likeness (QED) is 0.407. The predicted octanol–water partition coefficient (Wildman–Crippen LogP) is 4.44. The fourth-order valence-electron chi connectivity index (χ4n) is 1.97. The second-order valence-corrected chi connectivity index (χ2v) is 6.07. The topological polar surface area (TPSA) is 59.9 Å². The molecular weight excluding hydrogens is 408 g/mol. The number of halogens is 2. The molecule has 0 heterocycles. The van der Waals surface area contributed by atoms with E-state index < -0.39 is 0 Å². The van der Waals surface area contributed by atoms with E-state index in [1.165, 1.54) is 6.21 Å². The lowest BCUT2D eigenvalue weighted by Gasteiger charge is -2.12. The Morgan fingerprint density at radius 3 is 2.84 bits per heavy atom. The van der Waals surface area contributed by atoms with Crippen LogP contribution in [-0.2, 0) is 0 Å². The van der Waals surface area contributed by atoms with Gasteiger partial charge in [-0.1, -0.05) is 36.4 Å². The molecule has 2 aromatic carbocycles. The summed E-state index contributed by atoms with van der Waals surface area (Å²) in [6.07, 6.45) is 3.14. The van der Waals surface area contributed by atoms with Gasteiger partial charge in [-0.05, 0) is 45.8 Å². The molecule has 2 aromatic rings. The number of nitrogens with one attached hydrogen (secondary N) is 1. The molecule has 5 nitrogen and oxygen atoms in total. The number of carbonyl (C=O) groups is 1. The fraction of sp³-hybridized carbons (Fsp3) is 0.111. The van der Waals surface area contributed by atoms with Crippen LogP contribution in [-0.4, -0.2) is 25.8 Å². The molecule has 0 aromatic heterocycles. The minimum atomic E-state index is -0.390. The van der Waals surface area contributed by atoms with Gasteiger partial charge in [0.15, 0.2) is 11.5 Å². The Morgan fingerprint density at radius 2 is 2.16 bits per heavy atom. The predicted molar refractivity (Wildman–Crippen MR) is 103 cm³/mol. The van der Waals surface area contributed by atoms with Crippen LogP contribution < -0.4 is 14.9 Å². The van der Waals surface area contributed by atoms with Crippen LogP contribution in [0, 0.1) is 0 Å². The van der Waals surface area contributed by atoms with Crippen molar-refractivity contribution in [1.29, 1.82) is 0 Å². The highest BCUT2D eigenvalue weighted by Crippen LogP contribution is 2.36. The molecular formula is C18H16BrClN2O3. The van der Waals surface area contributed by atoms with Gasteiger partial charge >= 0.3 is 0 Å². The first-order valence-electron chi connectivity index (χ1n) is 7.26. The lowest BCUT2D eigenvalue weighted by atomic mass is 10.2. The van der Waals surface area contributed by atoms with Crippen molar-refractivity contribution in [3.05, 3.63) is 69.7 Å². The summed E-state index contributed by atoms with van der Waals surface area (Å²) in [6, 6.07) is 10.3. The van der Waals surface area contributed by atoms with Crippen molar-refractivity contribution in [1.82, 2.24) is 5.43 Å². The number of benzene rings is 2. The third kappa shape index (κ3) is 5.08. The Morgan fingerprint density at radius 1 is 1.40 bits per heavy atom. The summed E-state index contributed by atoms with van der Waals surface area (Å²) in [6.45, 7) is 3.97. The lowest BCUT2D eigenvalue weighted by Crippen LogP contribution is -2.17. The molecule has 0 atom stereocenters. The van der Waals surface area contributed by atoms with Gasteiger partial charge in [0, 0.05) is 0 Å². The minimum absolute atomic E-state index is 0.355. The average molecular weight is 424 g/mol. The molecule has 130 valence electrons. The Hall–Kier alpha value is -2.31. The van der Waals surface area contributed by atoms with Crippen LogP contribution in [0.15, 0.2) is 58.6 Å². The van der Waals surface area contributed by atoms with E-state index in [0.29, 0.717) is 38.7 Å². The van der Waals surface area contributed by atoms with Crippen LogP contribution in [0.1, 0.15) is 15.9 Å². The normalized spacial score (nSPS) is 10.5. The molecule has 0 saturated heterocycles. The molecule has 0 spiro atoms. The Bertz CT molecular complexity index is 809.